The molecule has 5 nitrogen and oxygen atoms in total. The van der Waals surface area contributed by atoms with Gasteiger partial charge in [-0.1, -0.05) is 11.8 Å². The van der Waals surface area contributed by atoms with Crippen LogP contribution >= 0.6 is 11.3 Å². The van der Waals surface area contributed by atoms with Gasteiger partial charge in [0.15, 0.2) is 0 Å². The highest BCUT2D eigenvalue weighted by atomic mass is 32.1. The summed E-state index contributed by atoms with van der Waals surface area (Å²) >= 11 is 1.30. The molecular weight excluding hydrogens is 264 g/mol. The van der Waals surface area contributed by atoms with Crippen molar-refractivity contribution in [3.63, 3.8) is 0 Å². The number of carbonyl (C=O) groups is 1. The molecule has 19 heavy (non-hydrogen) atoms. The van der Waals surface area contributed by atoms with E-state index in [0.717, 1.165) is 10.4 Å². The van der Waals surface area contributed by atoms with Crippen molar-refractivity contribution in [2.24, 2.45) is 5.73 Å². The number of rotatable bonds is 5. The van der Waals surface area contributed by atoms with Crippen LogP contribution < -0.4 is 5.73 Å². The van der Waals surface area contributed by atoms with Crippen LogP contribution in [0.15, 0.2) is 6.07 Å². The third-order valence-corrected chi connectivity index (χ3v) is 3.60. The van der Waals surface area contributed by atoms with Crippen LogP contribution in [0.4, 0.5) is 0 Å². The zero-order valence-corrected chi connectivity index (χ0v) is 11.7. The lowest BCUT2D eigenvalue weighted by Gasteiger charge is -2.19. The molecule has 1 rings (SSSR count). The molecule has 0 radical (unpaired) electrons. The second-order valence-electron chi connectivity index (χ2n) is 3.87. The maximum absolute atomic E-state index is 12.2. The summed E-state index contributed by atoms with van der Waals surface area (Å²) in [6.07, 6.45) is 0. The molecule has 1 aromatic rings. The topological polar surface area (TPSA) is 86.8 Å². The van der Waals surface area contributed by atoms with Crippen molar-refractivity contribution in [1.82, 2.24) is 4.90 Å². The van der Waals surface area contributed by atoms with Gasteiger partial charge in [-0.05, 0) is 18.6 Å². The number of nitrogens with zero attached hydrogens (tertiary/aromatic N) is 1. The van der Waals surface area contributed by atoms with Crippen molar-refractivity contribution >= 4 is 17.2 Å². The van der Waals surface area contributed by atoms with Gasteiger partial charge < -0.3 is 20.8 Å². The summed E-state index contributed by atoms with van der Waals surface area (Å²) in [6.45, 7) is 2.32. The Morgan fingerprint density at radius 1 is 1.42 bits per heavy atom. The van der Waals surface area contributed by atoms with Crippen molar-refractivity contribution in [1.29, 1.82) is 0 Å². The highest BCUT2D eigenvalue weighted by Crippen LogP contribution is 2.22. The number of nitrogens with two attached hydrogens (primary N) is 1. The fraction of sp³-hybridized carbons (Fsp3) is 0.462. The normalized spacial score (nSPS) is 9.89. The first-order valence-corrected chi connectivity index (χ1v) is 6.76. The minimum absolute atomic E-state index is 0.129. The largest absolute Gasteiger partial charge is 0.395 e. The summed E-state index contributed by atoms with van der Waals surface area (Å²) in [7, 11) is 0. The predicted molar refractivity (Wildman–Crippen MR) is 75.1 cm³/mol. The summed E-state index contributed by atoms with van der Waals surface area (Å²) < 4.78 is 0. The molecule has 0 unspecified atom stereocenters. The second kappa shape index (κ2) is 7.92. The number of aliphatic hydroxyl groups is 2. The van der Waals surface area contributed by atoms with Crippen molar-refractivity contribution in [3.8, 4) is 11.8 Å². The van der Waals surface area contributed by atoms with E-state index >= 15 is 0 Å². The van der Waals surface area contributed by atoms with Crippen molar-refractivity contribution in [2.45, 2.75) is 6.92 Å². The van der Waals surface area contributed by atoms with Gasteiger partial charge in [-0.15, -0.1) is 11.3 Å². The smallest absolute Gasteiger partial charge is 0.264 e. The van der Waals surface area contributed by atoms with E-state index in [1.807, 2.05) is 6.92 Å². The first kappa shape index (κ1) is 15.7. The Balaban J connectivity index is 2.92. The summed E-state index contributed by atoms with van der Waals surface area (Å²) in [5, 5.41) is 17.9. The number of hydrogen-bond donors (Lipinski definition) is 3. The van der Waals surface area contributed by atoms with Crippen LogP contribution in [0, 0.1) is 18.8 Å². The van der Waals surface area contributed by atoms with E-state index in [-0.39, 0.29) is 38.8 Å². The summed E-state index contributed by atoms with van der Waals surface area (Å²) in [6, 6.07) is 1.77. The summed E-state index contributed by atoms with van der Waals surface area (Å²) in [5.41, 5.74) is 6.25. The van der Waals surface area contributed by atoms with Crippen LogP contribution in [0.5, 0.6) is 0 Å². The lowest BCUT2D eigenvalue weighted by atomic mass is 10.2. The van der Waals surface area contributed by atoms with E-state index in [1.165, 1.54) is 16.2 Å². The number of thiophene rings is 1. The van der Waals surface area contributed by atoms with Crippen molar-refractivity contribution < 1.29 is 15.0 Å². The van der Waals surface area contributed by atoms with E-state index in [4.69, 9.17) is 15.9 Å². The molecular formula is C13H18N2O3S. The molecule has 0 bridgehead atoms. The molecule has 6 heteroatoms. The molecule has 0 aromatic carbocycles. The lowest BCUT2D eigenvalue weighted by Crippen LogP contribution is -2.35. The zero-order valence-electron chi connectivity index (χ0n) is 10.8. The van der Waals surface area contributed by atoms with Gasteiger partial charge in [-0.3, -0.25) is 4.79 Å². The fourth-order valence-corrected chi connectivity index (χ4v) is 2.57. The SMILES string of the molecule is Cc1cc(C(=O)N(CCO)CCO)sc1C#CCN. The first-order valence-electron chi connectivity index (χ1n) is 5.94. The Hall–Kier alpha value is -1.39. The predicted octanol–water partition coefficient (Wildman–Crippen LogP) is -0.206. The Labute approximate surface area is 116 Å². The van der Waals surface area contributed by atoms with E-state index in [0.29, 0.717) is 4.88 Å². The Bertz CT molecular complexity index is 482. The minimum Gasteiger partial charge on any atom is -0.395 e. The van der Waals surface area contributed by atoms with Crippen LogP contribution in [-0.4, -0.2) is 53.9 Å². The summed E-state index contributed by atoms with van der Waals surface area (Å²) in [5.74, 6) is 5.49. The molecule has 0 atom stereocenters. The van der Waals surface area contributed by atoms with Crippen LogP contribution in [-0.2, 0) is 0 Å². The maximum atomic E-state index is 12.2. The van der Waals surface area contributed by atoms with Crippen LogP contribution in [0.1, 0.15) is 20.1 Å². The summed E-state index contributed by atoms with van der Waals surface area (Å²) in [4.78, 5) is 15.0. The number of aliphatic hydroxyl groups excluding tert-OH is 2. The Kier molecular flexibility index (Phi) is 6.53. The molecule has 1 heterocycles. The van der Waals surface area contributed by atoms with Crippen LogP contribution in [0.3, 0.4) is 0 Å². The highest BCUT2D eigenvalue weighted by molar-refractivity contribution is 7.14. The second-order valence-corrected chi connectivity index (χ2v) is 4.92. The maximum Gasteiger partial charge on any atom is 0.264 e. The van der Waals surface area contributed by atoms with Gasteiger partial charge in [0, 0.05) is 13.1 Å². The molecule has 0 saturated heterocycles. The van der Waals surface area contributed by atoms with Crippen LogP contribution in [0.25, 0.3) is 0 Å². The van der Waals surface area contributed by atoms with Crippen molar-refractivity contribution in [3.05, 3.63) is 21.4 Å². The van der Waals surface area contributed by atoms with Gasteiger partial charge >= 0.3 is 0 Å². The van der Waals surface area contributed by atoms with Gasteiger partial charge in [-0.2, -0.15) is 0 Å². The van der Waals surface area contributed by atoms with E-state index < -0.39 is 0 Å². The monoisotopic (exact) mass is 282 g/mol. The molecule has 0 aliphatic heterocycles. The average molecular weight is 282 g/mol. The highest BCUT2D eigenvalue weighted by Gasteiger charge is 2.18. The number of amides is 1. The van der Waals surface area contributed by atoms with E-state index in [1.54, 1.807) is 6.07 Å². The molecule has 0 spiro atoms. The van der Waals surface area contributed by atoms with Gasteiger partial charge in [0.1, 0.15) is 0 Å². The number of aryl methyl sites for hydroxylation is 1. The Morgan fingerprint density at radius 2 is 2.05 bits per heavy atom. The first-order chi connectivity index (χ1) is 9.13. The molecule has 0 saturated carbocycles. The fourth-order valence-electron chi connectivity index (χ4n) is 1.56. The molecule has 4 N–H and O–H groups in total. The zero-order chi connectivity index (χ0) is 14.3. The molecule has 104 valence electrons. The van der Waals surface area contributed by atoms with Gasteiger partial charge in [0.25, 0.3) is 5.91 Å². The van der Waals surface area contributed by atoms with Crippen LogP contribution in [0.2, 0.25) is 0 Å². The van der Waals surface area contributed by atoms with E-state index in [9.17, 15) is 4.79 Å². The molecule has 0 aliphatic carbocycles. The Morgan fingerprint density at radius 3 is 2.58 bits per heavy atom. The minimum atomic E-state index is -0.197. The van der Waals surface area contributed by atoms with Crippen molar-refractivity contribution in [2.75, 3.05) is 32.8 Å². The van der Waals surface area contributed by atoms with Gasteiger partial charge in [-0.25, -0.2) is 0 Å². The third-order valence-electron chi connectivity index (χ3n) is 2.46. The molecule has 1 amide bonds. The van der Waals surface area contributed by atoms with Gasteiger partial charge in [0.2, 0.25) is 0 Å². The quantitative estimate of drug-likeness (QED) is 0.652. The third kappa shape index (κ3) is 4.33. The molecule has 0 fully saturated rings. The number of carbonyl (C=O) groups excluding carboxylic acids is 1. The standard InChI is InChI=1S/C13H18N2O3S/c1-10-9-12(19-11(10)3-2-4-14)13(18)15(5-7-16)6-8-17/h9,16-17H,4-8,14H2,1H3. The number of hydrogen-bond acceptors (Lipinski definition) is 5. The van der Waals surface area contributed by atoms with E-state index in [2.05, 4.69) is 11.8 Å². The molecule has 0 aliphatic rings. The van der Waals surface area contributed by atoms with Gasteiger partial charge in [0.05, 0.1) is 29.5 Å². The lowest BCUT2D eigenvalue weighted by molar-refractivity contribution is 0.0689. The average Bonchev–Trinajstić information content (AvgIpc) is 2.76. The molecule has 1 aromatic heterocycles.